The van der Waals surface area contributed by atoms with Gasteiger partial charge in [-0.15, -0.1) is 0 Å². The van der Waals surface area contributed by atoms with E-state index in [2.05, 4.69) is 189 Å². The average molecular weight is 728 g/mol. The van der Waals surface area contributed by atoms with Crippen molar-refractivity contribution in [3.05, 3.63) is 182 Å². The van der Waals surface area contributed by atoms with Gasteiger partial charge in [0.05, 0.1) is 0 Å². The molecule has 0 amide bonds. The predicted molar refractivity (Wildman–Crippen MR) is 200 cm³/mol. The molecule has 0 aliphatic rings. The third-order valence-corrected chi connectivity index (χ3v) is 16.8. The van der Waals surface area contributed by atoms with Crippen molar-refractivity contribution in [2.75, 3.05) is 18.5 Å². The van der Waals surface area contributed by atoms with E-state index in [9.17, 15) is 0 Å². The molecule has 0 saturated carbocycles. The van der Waals surface area contributed by atoms with Crippen LogP contribution in [0.2, 0.25) is 0 Å². The molecule has 6 aromatic carbocycles. The van der Waals surface area contributed by atoms with Gasteiger partial charge in [0.25, 0.3) is 0 Å². The molecule has 0 unspecified atom stereocenters. The molecule has 0 aromatic heterocycles. The molecule has 6 rings (SSSR count). The molecule has 6 aromatic rings. The van der Waals surface area contributed by atoms with E-state index in [1.54, 1.807) is 0 Å². The van der Waals surface area contributed by atoms with Crippen molar-refractivity contribution in [1.29, 1.82) is 0 Å². The molecule has 45 heavy (non-hydrogen) atoms. The Hall–Kier alpha value is -2.77. The Labute approximate surface area is 286 Å². The van der Waals surface area contributed by atoms with Gasteiger partial charge in [-0.05, 0) is 79.5 Å². The second-order valence-corrected chi connectivity index (χ2v) is 18.2. The van der Waals surface area contributed by atoms with Gasteiger partial charge < -0.3 is 0 Å². The summed E-state index contributed by atoms with van der Waals surface area (Å²) >= 11 is 0. The van der Waals surface area contributed by atoms with Gasteiger partial charge in [0.2, 0.25) is 0 Å². The molecule has 0 atom stereocenters. The Kier molecular flexibility index (Phi) is 12.5. The maximum atomic E-state index is 2.61. The van der Waals surface area contributed by atoms with Crippen molar-refractivity contribution in [3.8, 4) is 0 Å². The maximum Gasteiger partial charge on any atom is 0 e. The summed E-state index contributed by atoms with van der Waals surface area (Å²) in [6, 6.07) is 67.7. The summed E-state index contributed by atoms with van der Waals surface area (Å²) in [7, 11) is -1.66. The first kappa shape index (κ1) is 33.6. The van der Waals surface area contributed by atoms with Crippen molar-refractivity contribution in [3.63, 3.8) is 0 Å². The van der Waals surface area contributed by atoms with E-state index in [0.29, 0.717) is 0 Å². The van der Waals surface area contributed by atoms with Crippen LogP contribution in [0.4, 0.5) is 0 Å². The third-order valence-electron chi connectivity index (χ3n) is 8.03. The first-order valence-corrected chi connectivity index (χ1v) is 19.9. The number of hydrogen-bond acceptors (Lipinski definition) is 0. The molecule has 0 saturated heterocycles. The van der Waals surface area contributed by atoms with Crippen LogP contribution in [-0.4, -0.2) is 18.5 Å². The zero-order valence-corrected chi connectivity index (χ0v) is 29.9. The van der Waals surface area contributed by atoms with E-state index in [1.165, 1.54) is 31.8 Å². The van der Waals surface area contributed by atoms with Gasteiger partial charge >= 0.3 is 0 Å². The van der Waals surface area contributed by atoms with Gasteiger partial charge in [0.15, 0.2) is 0 Å². The molecule has 0 spiro atoms. The summed E-state index contributed by atoms with van der Waals surface area (Å²) in [6.07, 6.45) is 3.44. The molecule has 0 nitrogen and oxygen atoms in total. The number of rotatable bonds is 12. The van der Waals surface area contributed by atoms with Crippen molar-refractivity contribution >= 4 is 55.6 Å². The molecule has 0 fully saturated rings. The van der Waals surface area contributed by atoms with Gasteiger partial charge in [-0.3, -0.25) is 0 Å². The van der Waals surface area contributed by atoms with Gasteiger partial charge in [-0.2, -0.15) is 0 Å². The molecular weight excluding hydrogens is 688 g/mol. The topological polar surface area (TPSA) is 0 Å². The van der Waals surface area contributed by atoms with Gasteiger partial charge in [-0.1, -0.05) is 189 Å². The first-order chi connectivity index (χ1) is 21.7. The van der Waals surface area contributed by atoms with Gasteiger partial charge in [-0.25, -0.2) is 0 Å². The van der Waals surface area contributed by atoms with Crippen LogP contribution >= 0.6 is 23.8 Å². The van der Waals surface area contributed by atoms with E-state index in [4.69, 9.17) is 0 Å². The second-order valence-electron chi connectivity index (χ2n) is 11.6. The monoisotopic (exact) mass is 727 g/mol. The maximum absolute atomic E-state index is 2.61. The molecule has 0 aliphatic carbocycles. The summed E-state index contributed by atoms with van der Waals surface area (Å²) in [6.45, 7) is 2.61. The van der Waals surface area contributed by atoms with Gasteiger partial charge in [0, 0.05) is 19.5 Å². The van der Waals surface area contributed by atoms with Crippen LogP contribution in [0.15, 0.2) is 182 Å². The third kappa shape index (κ3) is 8.95. The molecular formula is C41H39P3Rh. The standard InChI is InChI=1S/C41H39P3.Rh/c1-41(32-42(35-20-8-2-9-21-35)36-22-10-3-11-23-36,33-43(37-24-12-4-13-25-37)38-26-14-5-15-27-38)34-44(39-28-16-6-17-29-39)40-30-18-7-19-31-40;/h2-31H,32-34H2,1H3;. The molecule has 0 aliphatic heterocycles. The van der Waals surface area contributed by atoms with Crippen LogP contribution in [0.1, 0.15) is 6.92 Å². The van der Waals surface area contributed by atoms with Crippen LogP contribution in [0.5, 0.6) is 0 Å². The minimum absolute atomic E-state index is 0. The van der Waals surface area contributed by atoms with Crippen molar-refractivity contribution in [1.82, 2.24) is 0 Å². The Bertz CT molecular complexity index is 1360. The molecule has 0 N–H and O–H groups in total. The normalized spacial score (nSPS) is 11.5. The molecule has 0 bridgehead atoms. The van der Waals surface area contributed by atoms with Crippen LogP contribution in [0.25, 0.3) is 0 Å². The Morgan fingerprint density at radius 1 is 0.311 bits per heavy atom. The Morgan fingerprint density at radius 3 is 0.622 bits per heavy atom. The quantitative estimate of drug-likeness (QED) is 0.0879. The summed E-state index contributed by atoms with van der Waals surface area (Å²) in [5.41, 5.74) is 0.0756. The number of hydrogen-bond donors (Lipinski definition) is 0. The number of benzene rings is 6. The predicted octanol–water partition coefficient (Wildman–Crippen LogP) is 8.39. The largest absolute Gasteiger partial charge is 0.0622 e. The van der Waals surface area contributed by atoms with E-state index >= 15 is 0 Å². The van der Waals surface area contributed by atoms with E-state index in [1.807, 2.05) is 0 Å². The smallest absolute Gasteiger partial charge is 0 e. The average Bonchev–Trinajstić information content (AvgIpc) is 3.11. The van der Waals surface area contributed by atoms with Crippen LogP contribution < -0.4 is 31.8 Å². The van der Waals surface area contributed by atoms with Crippen molar-refractivity contribution in [2.45, 2.75) is 6.92 Å². The minimum Gasteiger partial charge on any atom is -0.0622 e. The summed E-state index contributed by atoms with van der Waals surface area (Å²) < 4.78 is 0. The second kappa shape index (κ2) is 16.7. The van der Waals surface area contributed by atoms with Gasteiger partial charge in [0.1, 0.15) is 0 Å². The van der Waals surface area contributed by atoms with Crippen LogP contribution in [0.3, 0.4) is 0 Å². The molecule has 0 heterocycles. The zero-order valence-electron chi connectivity index (χ0n) is 25.6. The molecule has 4 heteroatoms. The van der Waals surface area contributed by atoms with E-state index in [0.717, 1.165) is 18.5 Å². The molecule has 1 radical (unpaired) electrons. The zero-order chi connectivity index (χ0) is 30.0. The minimum atomic E-state index is -0.555. The van der Waals surface area contributed by atoms with Crippen molar-refractivity contribution in [2.24, 2.45) is 5.41 Å². The summed E-state index contributed by atoms with van der Waals surface area (Å²) in [4.78, 5) is 0. The van der Waals surface area contributed by atoms with E-state index in [-0.39, 0.29) is 24.9 Å². The fraction of sp³-hybridized carbons (Fsp3) is 0.122. The fourth-order valence-corrected chi connectivity index (χ4v) is 14.6. The first-order valence-electron chi connectivity index (χ1n) is 15.3. The summed E-state index contributed by atoms with van der Waals surface area (Å²) in [5.74, 6) is 0. The van der Waals surface area contributed by atoms with Crippen LogP contribution in [-0.2, 0) is 19.5 Å². The van der Waals surface area contributed by atoms with E-state index < -0.39 is 23.8 Å². The Balaban J connectivity index is 0.00000400. The molecule has 227 valence electrons. The Morgan fingerprint density at radius 2 is 0.467 bits per heavy atom. The van der Waals surface area contributed by atoms with Crippen LogP contribution in [0, 0.1) is 5.41 Å². The summed E-state index contributed by atoms with van der Waals surface area (Å²) in [5, 5.41) is 8.79. The van der Waals surface area contributed by atoms with Crippen molar-refractivity contribution < 1.29 is 19.5 Å². The SMILES string of the molecule is CC(CP(c1ccccc1)c1ccccc1)(CP(c1ccccc1)c1ccccc1)CP(c1ccccc1)c1ccccc1.[Rh]. The fourth-order valence-electron chi connectivity index (χ4n) is 5.94.